The smallest absolute Gasteiger partial charge is 0.0537 e. The summed E-state index contributed by atoms with van der Waals surface area (Å²) in [5.74, 6) is 0.522. The molecule has 11 aromatic rings. The predicted molar refractivity (Wildman–Crippen MR) is 312 cm³/mol. The van der Waals surface area contributed by atoms with Gasteiger partial charge in [0.15, 0.2) is 0 Å². The first-order chi connectivity index (χ1) is 36.7. The van der Waals surface area contributed by atoms with E-state index in [1.807, 2.05) is 0 Å². The highest BCUT2D eigenvalue weighted by Gasteiger charge is 2.27. The maximum atomic E-state index is 2.47. The van der Waals surface area contributed by atoms with Crippen molar-refractivity contribution in [2.24, 2.45) is 0 Å². The average molecular weight is 947 g/mol. The molecule has 3 aliphatic carbocycles. The van der Waals surface area contributed by atoms with Crippen LogP contribution in [0, 0.1) is 0 Å². The molecule has 352 valence electrons. The normalized spacial score (nSPS) is 15.8. The lowest BCUT2D eigenvalue weighted by atomic mass is 9.83. The van der Waals surface area contributed by atoms with Gasteiger partial charge in [-0.15, -0.1) is 0 Å². The number of benzene rings is 9. The Bertz CT molecular complexity index is 3970. The van der Waals surface area contributed by atoms with Crippen molar-refractivity contribution in [3.05, 3.63) is 294 Å². The van der Waals surface area contributed by atoms with Gasteiger partial charge in [-0.2, -0.15) is 0 Å². The fourth-order valence-corrected chi connectivity index (χ4v) is 12.2. The van der Waals surface area contributed by atoms with Crippen LogP contribution in [0.3, 0.4) is 0 Å². The number of hydrogen-bond donors (Lipinski definition) is 0. The second-order valence-corrected chi connectivity index (χ2v) is 20.3. The Morgan fingerprint density at radius 2 is 0.743 bits per heavy atom. The minimum atomic E-state index is 0.250. The van der Waals surface area contributed by atoms with Gasteiger partial charge in [-0.1, -0.05) is 206 Å². The quantitative estimate of drug-likeness (QED) is 0.136. The number of fused-ring (bicyclic) bond motifs is 6. The highest BCUT2D eigenvalue weighted by molar-refractivity contribution is 5.93. The van der Waals surface area contributed by atoms with Gasteiger partial charge in [-0.3, -0.25) is 0 Å². The summed E-state index contributed by atoms with van der Waals surface area (Å²) in [5, 5.41) is 2.65. The summed E-state index contributed by atoms with van der Waals surface area (Å²) in [4.78, 5) is 0. The van der Waals surface area contributed by atoms with Gasteiger partial charge in [-0.05, 0) is 164 Å². The van der Waals surface area contributed by atoms with E-state index in [9.17, 15) is 0 Å². The van der Waals surface area contributed by atoms with Crippen LogP contribution in [-0.4, -0.2) is 9.13 Å². The molecule has 0 saturated heterocycles. The Balaban J connectivity index is 0.758. The topological polar surface area (TPSA) is 9.86 Å². The van der Waals surface area contributed by atoms with E-state index in [-0.39, 0.29) is 11.8 Å². The number of nitrogens with zero attached hydrogens (tertiary/aromatic N) is 2. The van der Waals surface area contributed by atoms with Crippen molar-refractivity contribution in [3.63, 3.8) is 0 Å². The minimum Gasteiger partial charge on any atom is -0.310 e. The minimum absolute atomic E-state index is 0.250. The van der Waals surface area contributed by atoms with Gasteiger partial charge in [0, 0.05) is 45.4 Å². The van der Waals surface area contributed by atoms with Crippen molar-refractivity contribution < 1.29 is 0 Å². The molecule has 0 radical (unpaired) electrons. The van der Waals surface area contributed by atoms with Gasteiger partial charge in [0.2, 0.25) is 0 Å². The van der Waals surface area contributed by atoms with E-state index < -0.39 is 0 Å². The van der Waals surface area contributed by atoms with Gasteiger partial charge in [0.25, 0.3) is 0 Å². The molecule has 9 aromatic carbocycles. The molecule has 2 nitrogen and oxygen atoms in total. The third-order valence-electron chi connectivity index (χ3n) is 15.9. The van der Waals surface area contributed by atoms with Gasteiger partial charge in [-0.25, -0.2) is 0 Å². The van der Waals surface area contributed by atoms with Crippen molar-refractivity contribution in [1.82, 2.24) is 9.13 Å². The Labute approximate surface area is 433 Å². The van der Waals surface area contributed by atoms with E-state index in [1.54, 1.807) is 0 Å². The second-order valence-electron chi connectivity index (χ2n) is 20.3. The summed E-state index contributed by atoms with van der Waals surface area (Å²) in [7, 11) is 0. The molecule has 0 fully saturated rings. The van der Waals surface area contributed by atoms with E-state index in [0.717, 1.165) is 25.7 Å². The number of para-hydroxylation sites is 2. The van der Waals surface area contributed by atoms with Crippen LogP contribution in [-0.2, 0) is 12.8 Å². The maximum absolute atomic E-state index is 2.47. The number of allylic oxidation sites excluding steroid dienone is 6. The Hall–Kier alpha value is -8.98. The molecule has 74 heavy (non-hydrogen) atoms. The van der Waals surface area contributed by atoms with Gasteiger partial charge >= 0.3 is 0 Å². The summed E-state index contributed by atoms with van der Waals surface area (Å²) in [6.45, 7) is 0. The summed E-state index contributed by atoms with van der Waals surface area (Å²) in [6.07, 6.45) is 20.5. The molecule has 2 heteroatoms. The first-order valence-electron chi connectivity index (χ1n) is 26.3. The van der Waals surface area contributed by atoms with Crippen molar-refractivity contribution in [1.29, 1.82) is 0 Å². The Kier molecular flexibility index (Phi) is 11.0. The zero-order valence-electron chi connectivity index (χ0n) is 41.3. The van der Waals surface area contributed by atoms with Crippen LogP contribution >= 0.6 is 0 Å². The molecule has 0 aliphatic heterocycles. The van der Waals surface area contributed by atoms with Crippen molar-refractivity contribution in [3.8, 4) is 55.9 Å². The van der Waals surface area contributed by atoms with Crippen LogP contribution in [0.2, 0.25) is 0 Å². The molecule has 14 rings (SSSR count). The molecular weight excluding hydrogens is 893 g/mol. The Morgan fingerprint density at radius 1 is 0.351 bits per heavy atom. The highest BCUT2D eigenvalue weighted by atomic mass is 15.0. The summed E-state index contributed by atoms with van der Waals surface area (Å²) in [5.41, 5.74) is 25.6. The zero-order chi connectivity index (χ0) is 49.0. The van der Waals surface area contributed by atoms with Crippen molar-refractivity contribution in [2.45, 2.75) is 37.5 Å². The van der Waals surface area contributed by atoms with Crippen LogP contribution < -0.4 is 0 Å². The lowest BCUT2D eigenvalue weighted by molar-refractivity contribution is 0.825. The van der Waals surface area contributed by atoms with Crippen molar-refractivity contribution in [2.75, 3.05) is 0 Å². The molecule has 2 aromatic heterocycles. The largest absolute Gasteiger partial charge is 0.310 e. The molecule has 3 aliphatic rings. The van der Waals surface area contributed by atoms with Crippen LogP contribution in [0.25, 0.3) is 95.4 Å². The third kappa shape index (κ3) is 7.91. The summed E-state index contributed by atoms with van der Waals surface area (Å²) >= 11 is 0. The van der Waals surface area contributed by atoms with Crippen molar-refractivity contribution >= 4 is 39.5 Å². The molecule has 0 N–H and O–H groups in total. The molecule has 0 saturated carbocycles. The fourth-order valence-electron chi connectivity index (χ4n) is 12.2. The Morgan fingerprint density at radius 3 is 1.18 bits per heavy atom. The van der Waals surface area contributed by atoms with E-state index in [1.165, 1.54) is 122 Å². The van der Waals surface area contributed by atoms with Gasteiger partial charge in [0.1, 0.15) is 0 Å². The third-order valence-corrected chi connectivity index (χ3v) is 15.9. The first kappa shape index (κ1) is 43.8. The molecule has 0 spiro atoms. The standard InChI is InChI=1S/C72H54N2/c1-5-17-49(18-6-1)57-41-58(50-19-7-2-8-20-50)44-61(43-57)55-33-39-71-67(47-55)65-25-13-15-27-69(65)73(71)63-35-29-53(30-36-63)54-31-37-64(38-32-54)74-70-28-16-14-26-66(70)68-48-56(34-40-72(68)74)62-45-59(51-21-9-3-10-22-51)42-60(46-62)52-23-11-4-12-24-52/h1-11,13-23,25-46,55-56H,12,24,47-48H2. The molecule has 0 amide bonds. The van der Waals surface area contributed by atoms with E-state index in [4.69, 9.17) is 0 Å². The fraction of sp³-hybridized carbons (Fsp3) is 0.0833. The SMILES string of the molecule is C1=CCCC(c2cc(-c3ccccc3)cc(C3C=Cc4c(c5ccccc5n4-c4ccc(-c5ccc(-n6c7c(c8ccccc86)CC(c6cc(-c8ccccc8)cc(-c8ccccc8)c6)C=C7)cc5)cc4)C3)c2)=C1. The summed E-state index contributed by atoms with van der Waals surface area (Å²) < 4.78 is 4.93. The van der Waals surface area contributed by atoms with Crippen LogP contribution in [0.15, 0.2) is 255 Å². The van der Waals surface area contributed by atoms with Crippen LogP contribution in [0.5, 0.6) is 0 Å². The molecule has 0 bridgehead atoms. The lowest BCUT2D eigenvalue weighted by Crippen LogP contribution is -2.08. The monoisotopic (exact) mass is 946 g/mol. The second kappa shape index (κ2) is 18.6. The van der Waals surface area contributed by atoms with E-state index in [2.05, 4.69) is 276 Å². The number of rotatable bonds is 9. The predicted octanol–water partition coefficient (Wildman–Crippen LogP) is 18.7. The highest BCUT2D eigenvalue weighted by Crippen LogP contribution is 2.43. The van der Waals surface area contributed by atoms with E-state index >= 15 is 0 Å². The van der Waals surface area contributed by atoms with Gasteiger partial charge in [0.05, 0.1) is 11.0 Å². The molecule has 2 atom stereocenters. The van der Waals surface area contributed by atoms with Crippen LogP contribution in [0.1, 0.15) is 63.9 Å². The zero-order valence-corrected chi connectivity index (χ0v) is 41.3. The number of aromatic nitrogens is 2. The van der Waals surface area contributed by atoms with E-state index in [0.29, 0.717) is 0 Å². The maximum Gasteiger partial charge on any atom is 0.0537 e. The summed E-state index contributed by atoms with van der Waals surface area (Å²) in [6, 6.07) is 83.1. The average Bonchev–Trinajstić information content (AvgIpc) is 4.00. The molecule has 2 unspecified atom stereocenters. The first-order valence-corrected chi connectivity index (χ1v) is 26.3. The lowest BCUT2D eigenvalue weighted by Gasteiger charge is -2.22. The molecular formula is C72H54N2. The van der Waals surface area contributed by atoms with Crippen LogP contribution in [0.4, 0.5) is 0 Å². The van der Waals surface area contributed by atoms with Gasteiger partial charge < -0.3 is 9.13 Å². The molecule has 2 heterocycles. The number of hydrogen-bond acceptors (Lipinski definition) is 0.